The molecule has 2 rings (SSSR count). The van der Waals surface area contributed by atoms with Gasteiger partial charge >= 0.3 is 0 Å². The van der Waals surface area contributed by atoms with E-state index in [2.05, 4.69) is 21.8 Å². The number of ether oxygens (including phenoxy) is 1. The Kier molecular flexibility index (Phi) is 3.16. The zero-order valence-electron chi connectivity index (χ0n) is 9.40. The Balaban J connectivity index is 2.38. The lowest BCUT2D eigenvalue weighted by atomic mass is 10.2. The lowest BCUT2D eigenvalue weighted by Gasteiger charge is -2.35. The number of nitrogens with two attached hydrogens (primary N) is 1. The third-order valence-corrected chi connectivity index (χ3v) is 2.90. The highest BCUT2D eigenvalue weighted by Crippen LogP contribution is 2.27. The highest BCUT2D eigenvalue weighted by molar-refractivity contribution is 6.28. The first-order valence-electron chi connectivity index (χ1n) is 5.23. The summed E-state index contributed by atoms with van der Waals surface area (Å²) in [6, 6.07) is 0.251. The van der Waals surface area contributed by atoms with Crippen molar-refractivity contribution in [2.24, 2.45) is 0 Å². The van der Waals surface area contributed by atoms with Gasteiger partial charge in [0.25, 0.3) is 0 Å². The fourth-order valence-electron chi connectivity index (χ4n) is 1.79. The Bertz CT molecular complexity index is 399. The van der Waals surface area contributed by atoms with Crippen LogP contribution in [0.25, 0.3) is 0 Å². The number of morpholine rings is 1. The van der Waals surface area contributed by atoms with Crippen molar-refractivity contribution in [3.05, 3.63) is 11.0 Å². The van der Waals surface area contributed by atoms with E-state index in [1.807, 2.05) is 6.92 Å². The van der Waals surface area contributed by atoms with Crippen LogP contribution >= 0.6 is 11.6 Å². The minimum Gasteiger partial charge on any atom is -0.394 e. The number of nitrogens with zero attached hydrogens (tertiary/aromatic N) is 3. The van der Waals surface area contributed by atoms with Crippen LogP contribution in [0.3, 0.4) is 0 Å². The van der Waals surface area contributed by atoms with Gasteiger partial charge in [0.05, 0.1) is 30.6 Å². The average molecular weight is 243 g/mol. The molecule has 0 aliphatic carbocycles. The summed E-state index contributed by atoms with van der Waals surface area (Å²) in [5, 5.41) is 0.236. The number of rotatable bonds is 1. The van der Waals surface area contributed by atoms with Crippen LogP contribution in [0.5, 0.6) is 0 Å². The Morgan fingerprint density at radius 3 is 2.94 bits per heavy atom. The smallest absolute Gasteiger partial charge is 0.224 e. The summed E-state index contributed by atoms with van der Waals surface area (Å²) >= 11 is 5.85. The monoisotopic (exact) mass is 242 g/mol. The maximum absolute atomic E-state index is 5.98. The first-order chi connectivity index (χ1) is 7.59. The van der Waals surface area contributed by atoms with Gasteiger partial charge in [-0.2, -0.15) is 4.98 Å². The Hall–Kier alpha value is -1.07. The lowest BCUT2D eigenvalue weighted by molar-refractivity contribution is 0.0986. The second kappa shape index (κ2) is 4.43. The van der Waals surface area contributed by atoms with E-state index < -0.39 is 0 Å². The standard InChI is InChI=1S/C10H15ClN4O/c1-6-5-16-4-3-15(6)9-8(12)7(2)13-10(11)14-9/h6H,3-5,12H2,1-2H3. The van der Waals surface area contributed by atoms with E-state index in [0.717, 1.165) is 6.54 Å². The maximum Gasteiger partial charge on any atom is 0.224 e. The van der Waals surface area contributed by atoms with Gasteiger partial charge in [-0.3, -0.25) is 0 Å². The van der Waals surface area contributed by atoms with Gasteiger partial charge in [-0.1, -0.05) is 0 Å². The van der Waals surface area contributed by atoms with Gasteiger partial charge in [-0.05, 0) is 25.4 Å². The molecule has 5 nitrogen and oxygen atoms in total. The molecule has 0 amide bonds. The normalized spacial score (nSPS) is 21.2. The molecular formula is C10H15ClN4O. The molecular weight excluding hydrogens is 228 g/mol. The first kappa shape index (κ1) is 11.4. The van der Waals surface area contributed by atoms with Crippen molar-refractivity contribution < 1.29 is 4.74 Å². The molecule has 1 aliphatic heterocycles. The third-order valence-electron chi connectivity index (χ3n) is 2.73. The predicted octanol–water partition coefficient (Wildman–Crippen LogP) is 1.25. The summed E-state index contributed by atoms with van der Waals surface area (Å²) in [5.41, 5.74) is 7.29. The van der Waals surface area contributed by atoms with Crippen molar-refractivity contribution in [2.75, 3.05) is 30.4 Å². The van der Waals surface area contributed by atoms with Crippen molar-refractivity contribution >= 4 is 23.1 Å². The molecule has 0 bridgehead atoms. The van der Waals surface area contributed by atoms with Gasteiger partial charge in [0.2, 0.25) is 5.28 Å². The predicted molar refractivity (Wildman–Crippen MR) is 63.8 cm³/mol. The molecule has 1 atom stereocenters. The van der Waals surface area contributed by atoms with Gasteiger partial charge < -0.3 is 15.4 Å². The SMILES string of the molecule is Cc1nc(Cl)nc(N2CCOCC2C)c1N. The molecule has 6 heteroatoms. The van der Waals surface area contributed by atoms with E-state index in [0.29, 0.717) is 30.4 Å². The van der Waals surface area contributed by atoms with E-state index in [4.69, 9.17) is 22.1 Å². The van der Waals surface area contributed by atoms with Gasteiger partial charge in [-0.25, -0.2) is 4.98 Å². The van der Waals surface area contributed by atoms with Crippen LogP contribution in [0.1, 0.15) is 12.6 Å². The largest absolute Gasteiger partial charge is 0.394 e. The van der Waals surface area contributed by atoms with Crippen molar-refractivity contribution in [2.45, 2.75) is 19.9 Å². The van der Waals surface area contributed by atoms with Gasteiger partial charge in [-0.15, -0.1) is 0 Å². The van der Waals surface area contributed by atoms with Crippen molar-refractivity contribution in [1.29, 1.82) is 0 Å². The van der Waals surface area contributed by atoms with E-state index in [1.54, 1.807) is 0 Å². The van der Waals surface area contributed by atoms with Crippen molar-refractivity contribution in [1.82, 2.24) is 9.97 Å². The molecule has 88 valence electrons. The zero-order valence-corrected chi connectivity index (χ0v) is 10.2. The Morgan fingerprint density at radius 1 is 1.50 bits per heavy atom. The summed E-state index contributed by atoms with van der Waals surface area (Å²) in [4.78, 5) is 10.3. The van der Waals surface area contributed by atoms with Gasteiger partial charge in [0.1, 0.15) is 0 Å². The fraction of sp³-hybridized carbons (Fsp3) is 0.600. The van der Waals surface area contributed by atoms with E-state index in [9.17, 15) is 0 Å². The fourth-order valence-corrected chi connectivity index (χ4v) is 2.00. The molecule has 0 radical (unpaired) electrons. The Morgan fingerprint density at radius 2 is 2.25 bits per heavy atom. The zero-order chi connectivity index (χ0) is 11.7. The number of halogens is 1. The van der Waals surface area contributed by atoms with Crippen LogP contribution in [-0.2, 0) is 4.74 Å². The summed E-state index contributed by atoms with van der Waals surface area (Å²) in [7, 11) is 0. The summed E-state index contributed by atoms with van der Waals surface area (Å²) in [5.74, 6) is 0.716. The number of hydrogen-bond donors (Lipinski definition) is 1. The number of aromatic nitrogens is 2. The molecule has 2 heterocycles. The quantitative estimate of drug-likeness (QED) is 0.751. The first-order valence-corrected chi connectivity index (χ1v) is 5.61. The molecule has 2 N–H and O–H groups in total. The number of hydrogen-bond acceptors (Lipinski definition) is 5. The average Bonchev–Trinajstić information content (AvgIpc) is 2.24. The van der Waals surface area contributed by atoms with Crippen LogP contribution < -0.4 is 10.6 Å². The highest BCUT2D eigenvalue weighted by Gasteiger charge is 2.23. The molecule has 0 aromatic carbocycles. The number of nitrogen functional groups attached to an aromatic ring is 1. The third kappa shape index (κ3) is 2.05. The molecule has 16 heavy (non-hydrogen) atoms. The van der Waals surface area contributed by atoms with Gasteiger partial charge in [0, 0.05) is 6.54 Å². The molecule has 1 aliphatic rings. The second-order valence-corrected chi connectivity index (χ2v) is 4.27. The summed E-state index contributed by atoms with van der Waals surface area (Å²) < 4.78 is 5.37. The molecule has 1 fully saturated rings. The minimum absolute atomic E-state index is 0.236. The van der Waals surface area contributed by atoms with Crippen LogP contribution in [0.4, 0.5) is 11.5 Å². The highest BCUT2D eigenvalue weighted by atomic mass is 35.5. The molecule has 0 saturated carbocycles. The lowest BCUT2D eigenvalue weighted by Crippen LogP contribution is -2.44. The van der Waals surface area contributed by atoms with Crippen LogP contribution in [0.2, 0.25) is 5.28 Å². The summed E-state index contributed by atoms with van der Waals surface area (Å²) in [6.07, 6.45) is 0. The van der Waals surface area contributed by atoms with Crippen LogP contribution in [0.15, 0.2) is 0 Å². The van der Waals surface area contributed by atoms with Crippen molar-refractivity contribution in [3.8, 4) is 0 Å². The van der Waals surface area contributed by atoms with Gasteiger partial charge in [0.15, 0.2) is 5.82 Å². The van der Waals surface area contributed by atoms with E-state index >= 15 is 0 Å². The summed E-state index contributed by atoms with van der Waals surface area (Å²) in [6.45, 7) is 6.05. The molecule has 1 aromatic rings. The maximum atomic E-state index is 5.98. The Labute approximate surface area is 99.6 Å². The second-order valence-electron chi connectivity index (χ2n) is 3.93. The minimum atomic E-state index is 0.236. The molecule has 0 spiro atoms. The van der Waals surface area contributed by atoms with Crippen LogP contribution in [-0.4, -0.2) is 35.8 Å². The number of anilines is 2. The number of aryl methyl sites for hydroxylation is 1. The topological polar surface area (TPSA) is 64.3 Å². The van der Waals surface area contributed by atoms with Crippen molar-refractivity contribution in [3.63, 3.8) is 0 Å². The molecule has 1 unspecified atom stereocenters. The van der Waals surface area contributed by atoms with Crippen LogP contribution in [0, 0.1) is 6.92 Å². The van der Waals surface area contributed by atoms with E-state index in [-0.39, 0.29) is 11.3 Å². The van der Waals surface area contributed by atoms with E-state index in [1.165, 1.54) is 0 Å². The molecule has 1 aromatic heterocycles. The molecule has 1 saturated heterocycles.